The highest BCUT2D eigenvalue weighted by Crippen LogP contribution is 2.26. The Kier molecular flexibility index (Phi) is 8.70. The summed E-state index contributed by atoms with van der Waals surface area (Å²) in [5.74, 6) is 1.56. The minimum Gasteiger partial charge on any atom is -0.380 e. The highest BCUT2D eigenvalue weighted by atomic mass is 16.5. The molecule has 0 aliphatic heterocycles. The second kappa shape index (κ2) is 9.80. The van der Waals surface area contributed by atoms with E-state index in [2.05, 4.69) is 26.1 Å². The van der Waals surface area contributed by atoms with Crippen LogP contribution in [0.1, 0.15) is 65.7 Å². The molecular formula is C16H33NO. The predicted molar refractivity (Wildman–Crippen MR) is 78.9 cm³/mol. The monoisotopic (exact) mass is 255 g/mol. The Morgan fingerprint density at radius 3 is 2.44 bits per heavy atom. The highest BCUT2D eigenvalue weighted by molar-refractivity contribution is 4.79. The predicted octanol–water partition coefficient (Wildman–Crippen LogP) is 4.00. The normalized spacial score (nSPS) is 20.8. The summed E-state index contributed by atoms with van der Waals surface area (Å²) in [5.41, 5.74) is 0. The Labute approximate surface area is 114 Å². The maximum atomic E-state index is 5.95. The molecule has 1 saturated carbocycles. The van der Waals surface area contributed by atoms with Gasteiger partial charge >= 0.3 is 0 Å². The fourth-order valence-corrected chi connectivity index (χ4v) is 3.13. The molecule has 0 aromatic rings. The van der Waals surface area contributed by atoms with E-state index < -0.39 is 0 Å². The van der Waals surface area contributed by atoms with Gasteiger partial charge in [-0.25, -0.2) is 0 Å². The largest absolute Gasteiger partial charge is 0.380 e. The molecule has 2 unspecified atom stereocenters. The van der Waals surface area contributed by atoms with Crippen LogP contribution in [-0.2, 0) is 4.74 Å². The summed E-state index contributed by atoms with van der Waals surface area (Å²) in [5, 5.41) is 3.63. The molecule has 0 aromatic carbocycles. The molecule has 1 aliphatic rings. The van der Waals surface area contributed by atoms with Crippen LogP contribution in [0.3, 0.4) is 0 Å². The van der Waals surface area contributed by atoms with E-state index in [0.717, 1.165) is 25.7 Å². The van der Waals surface area contributed by atoms with E-state index in [0.29, 0.717) is 12.0 Å². The van der Waals surface area contributed by atoms with Crippen molar-refractivity contribution >= 4 is 0 Å². The molecule has 2 atom stereocenters. The molecule has 2 nitrogen and oxygen atoms in total. The van der Waals surface area contributed by atoms with E-state index in [1.165, 1.54) is 44.9 Å². The van der Waals surface area contributed by atoms with Crippen molar-refractivity contribution in [3.05, 3.63) is 0 Å². The molecular weight excluding hydrogens is 222 g/mol. The van der Waals surface area contributed by atoms with Gasteiger partial charge in [0, 0.05) is 12.6 Å². The molecule has 0 amide bonds. The molecule has 108 valence electrons. The average Bonchev–Trinajstić information content (AvgIpc) is 2.39. The van der Waals surface area contributed by atoms with Crippen molar-refractivity contribution in [2.24, 2.45) is 11.8 Å². The first-order valence-corrected chi connectivity index (χ1v) is 8.09. The minimum absolute atomic E-state index is 0.587. The highest BCUT2D eigenvalue weighted by Gasteiger charge is 2.23. The first-order chi connectivity index (χ1) is 8.77. The fraction of sp³-hybridized carbons (Fsp3) is 1.00. The van der Waals surface area contributed by atoms with E-state index in [9.17, 15) is 0 Å². The molecule has 1 N–H and O–H groups in total. The zero-order chi connectivity index (χ0) is 13.2. The number of likely N-dealkylation sites (N-methyl/N-ethyl adjacent to an activating group) is 1. The van der Waals surface area contributed by atoms with Crippen LogP contribution in [-0.4, -0.2) is 25.8 Å². The standard InChI is InChI=1S/C16H33NO/c1-4-9-14(3)12-18-13-16(17-5-2)15-10-7-6-8-11-15/h14-17H,4-13H2,1-3H3. The molecule has 2 heteroatoms. The number of ether oxygens (including phenoxy) is 1. The second-order valence-electron chi connectivity index (χ2n) is 5.99. The molecule has 1 aliphatic carbocycles. The second-order valence-corrected chi connectivity index (χ2v) is 5.99. The van der Waals surface area contributed by atoms with Crippen LogP contribution >= 0.6 is 0 Å². The summed E-state index contributed by atoms with van der Waals surface area (Å²) in [6.45, 7) is 9.66. The lowest BCUT2D eigenvalue weighted by Crippen LogP contribution is -2.41. The van der Waals surface area contributed by atoms with Gasteiger partial charge in [0.25, 0.3) is 0 Å². The van der Waals surface area contributed by atoms with Gasteiger partial charge in [-0.1, -0.05) is 46.5 Å². The van der Waals surface area contributed by atoms with Crippen LogP contribution in [0.5, 0.6) is 0 Å². The molecule has 0 radical (unpaired) electrons. The molecule has 1 fully saturated rings. The smallest absolute Gasteiger partial charge is 0.0622 e. The van der Waals surface area contributed by atoms with E-state index in [1.807, 2.05) is 0 Å². The molecule has 1 rings (SSSR count). The van der Waals surface area contributed by atoms with Crippen molar-refractivity contribution < 1.29 is 4.74 Å². The van der Waals surface area contributed by atoms with Crippen molar-refractivity contribution in [2.75, 3.05) is 19.8 Å². The summed E-state index contributed by atoms with van der Waals surface area (Å²) >= 11 is 0. The third-order valence-corrected chi connectivity index (χ3v) is 4.17. The van der Waals surface area contributed by atoms with Gasteiger partial charge in [-0.15, -0.1) is 0 Å². The maximum Gasteiger partial charge on any atom is 0.0622 e. The van der Waals surface area contributed by atoms with Crippen molar-refractivity contribution in [2.45, 2.75) is 71.8 Å². The minimum atomic E-state index is 0.587. The third kappa shape index (κ3) is 6.19. The summed E-state index contributed by atoms with van der Waals surface area (Å²) < 4.78 is 5.95. The van der Waals surface area contributed by atoms with Crippen LogP contribution < -0.4 is 5.32 Å². The quantitative estimate of drug-likeness (QED) is 0.672. The number of hydrogen-bond acceptors (Lipinski definition) is 2. The Morgan fingerprint density at radius 2 is 1.83 bits per heavy atom. The molecule has 0 heterocycles. The average molecular weight is 255 g/mol. The fourth-order valence-electron chi connectivity index (χ4n) is 3.13. The first-order valence-electron chi connectivity index (χ1n) is 8.09. The maximum absolute atomic E-state index is 5.95. The number of hydrogen-bond donors (Lipinski definition) is 1. The van der Waals surface area contributed by atoms with E-state index in [-0.39, 0.29) is 0 Å². The Bertz CT molecular complexity index is 190. The summed E-state index contributed by atoms with van der Waals surface area (Å²) in [4.78, 5) is 0. The Hall–Kier alpha value is -0.0800. The van der Waals surface area contributed by atoms with Gasteiger partial charge in [0.15, 0.2) is 0 Å². The van der Waals surface area contributed by atoms with E-state index in [4.69, 9.17) is 4.74 Å². The van der Waals surface area contributed by atoms with Crippen LogP contribution in [0.2, 0.25) is 0 Å². The molecule has 0 aromatic heterocycles. The molecule has 0 spiro atoms. The molecule has 18 heavy (non-hydrogen) atoms. The van der Waals surface area contributed by atoms with Gasteiger partial charge in [-0.2, -0.15) is 0 Å². The van der Waals surface area contributed by atoms with Crippen LogP contribution in [0.25, 0.3) is 0 Å². The Morgan fingerprint density at radius 1 is 1.11 bits per heavy atom. The van der Waals surface area contributed by atoms with Gasteiger partial charge < -0.3 is 10.1 Å². The van der Waals surface area contributed by atoms with Crippen LogP contribution in [0.15, 0.2) is 0 Å². The lowest BCUT2D eigenvalue weighted by molar-refractivity contribution is 0.0631. The van der Waals surface area contributed by atoms with Crippen molar-refractivity contribution in [1.29, 1.82) is 0 Å². The third-order valence-electron chi connectivity index (χ3n) is 4.17. The van der Waals surface area contributed by atoms with E-state index in [1.54, 1.807) is 0 Å². The van der Waals surface area contributed by atoms with Gasteiger partial charge in [0.2, 0.25) is 0 Å². The SMILES string of the molecule is CCCC(C)COCC(NCC)C1CCCCC1. The topological polar surface area (TPSA) is 21.3 Å². The van der Waals surface area contributed by atoms with Crippen LogP contribution in [0.4, 0.5) is 0 Å². The number of rotatable bonds is 9. The zero-order valence-electron chi connectivity index (χ0n) is 12.7. The van der Waals surface area contributed by atoms with Gasteiger partial charge in [-0.3, -0.25) is 0 Å². The van der Waals surface area contributed by atoms with Gasteiger partial charge in [-0.05, 0) is 37.6 Å². The van der Waals surface area contributed by atoms with Gasteiger partial charge in [0.1, 0.15) is 0 Å². The summed E-state index contributed by atoms with van der Waals surface area (Å²) in [7, 11) is 0. The Balaban J connectivity index is 2.24. The lowest BCUT2D eigenvalue weighted by Gasteiger charge is -2.31. The lowest BCUT2D eigenvalue weighted by atomic mass is 9.84. The van der Waals surface area contributed by atoms with Gasteiger partial charge in [0.05, 0.1) is 6.61 Å². The zero-order valence-corrected chi connectivity index (χ0v) is 12.7. The summed E-state index contributed by atoms with van der Waals surface area (Å²) in [6.07, 6.45) is 9.61. The molecule has 0 saturated heterocycles. The first kappa shape index (κ1) is 16.0. The summed E-state index contributed by atoms with van der Waals surface area (Å²) in [6, 6.07) is 0.587. The van der Waals surface area contributed by atoms with Crippen molar-refractivity contribution in [3.63, 3.8) is 0 Å². The van der Waals surface area contributed by atoms with Crippen molar-refractivity contribution in [3.8, 4) is 0 Å². The van der Waals surface area contributed by atoms with Crippen LogP contribution in [0, 0.1) is 11.8 Å². The van der Waals surface area contributed by atoms with Crippen molar-refractivity contribution in [1.82, 2.24) is 5.32 Å². The molecule has 0 bridgehead atoms. The number of nitrogens with one attached hydrogen (secondary N) is 1. The van der Waals surface area contributed by atoms with E-state index >= 15 is 0 Å².